The van der Waals surface area contributed by atoms with E-state index < -0.39 is 0 Å². The molecule has 8 heteroatoms. The van der Waals surface area contributed by atoms with Crippen LogP contribution < -0.4 is 20.1 Å². The number of benzene rings is 2. The van der Waals surface area contributed by atoms with Crippen LogP contribution in [0.1, 0.15) is 16.3 Å². The zero-order valence-electron chi connectivity index (χ0n) is 16.1. The topological polar surface area (TPSA) is 85.4 Å². The number of aryl methyl sites for hydroxylation is 1. The van der Waals surface area contributed by atoms with Gasteiger partial charge in [0.15, 0.2) is 0 Å². The number of carbonyl (C=O) groups excluding carboxylic acids is 1. The van der Waals surface area contributed by atoms with Gasteiger partial charge in [-0.1, -0.05) is 0 Å². The molecule has 3 rings (SSSR count). The Morgan fingerprint density at radius 2 is 1.72 bits per heavy atom. The second-order valence-corrected chi connectivity index (χ2v) is 6.10. The summed E-state index contributed by atoms with van der Waals surface area (Å²) >= 11 is 0. The molecule has 0 unspecified atom stereocenters. The summed E-state index contributed by atoms with van der Waals surface area (Å²) in [6.07, 6.45) is 0. The van der Waals surface area contributed by atoms with Gasteiger partial charge in [0.1, 0.15) is 41.3 Å². The Bertz CT molecular complexity index is 963. The van der Waals surface area contributed by atoms with E-state index in [1.54, 1.807) is 50.4 Å². The zero-order valence-corrected chi connectivity index (χ0v) is 16.1. The van der Waals surface area contributed by atoms with E-state index in [1.165, 1.54) is 18.2 Å². The summed E-state index contributed by atoms with van der Waals surface area (Å²) in [5, 5.41) is 5.79. The number of aromatic nitrogens is 2. The molecular weight excluding hydrogens is 375 g/mol. The standard InChI is InChI=1S/C21H21FN4O3/c1-14-24-19(13-20(25-14)26-16-5-3-15(22)4-6-16)21(27)23-11-12-29-18-9-7-17(28-2)8-10-18/h3-10,13H,11-12H2,1-2H3,(H,23,27)(H,24,25,26). The maximum Gasteiger partial charge on any atom is 0.270 e. The highest BCUT2D eigenvalue weighted by atomic mass is 19.1. The average Bonchev–Trinajstić information content (AvgIpc) is 2.73. The van der Waals surface area contributed by atoms with Crippen LogP contribution in [-0.2, 0) is 0 Å². The Hall–Kier alpha value is -3.68. The van der Waals surface area contributed by atoms with E-state index in [0.29, 0.717) is 36.2 Å². The lowest BCUT2D eigenvalue weighted by Gasteiger charge is -2.10. The minimum atomic E-state index is -0.337. The Morgan fingerprint density at radius 3 is 2.41 bits per heavy atom. The molecule has 0 atom stereocenters. The van der Waals surface area contributed by atoms with E-state index >= 15 is 0 Å². The number of nitrogens with one attached hydrogen (secondary N) is 2. The molecule has 0 aliphatic carbocycles. The van der Waals surface area contributed by atoms with Crippen LogP contribution in [0.3, 0.4) is 0 Å². The van der Waals surface area contributed by atoms with Crippen molar-refractivity contribution in [2.45, 2.75) is 6.92 Å². The fourth-order valence-electron chi connectivity index (χ4n) is 2.53. The Kier molecular flexibility index (Phi) is 6.57. The maximum absolute atomic E-state index is 13.0. The molecule has 2 N–H and O–H groups in total. The molecule has 1 heterocycles. The Labute approximate surface area is 167 Å². The van der Waals surface area contributed by atoms with Crippen LogP contribution in [0, 0.1) is 12.7 Å². The van der Waals surface area contributed by atoms with Crippen LogP contribution in [0.4, 0.5) is 15.9 Å². The number of hydrogen-bond acceptors (Lipinski definition) is 6. The molecule has 0 saturated heterocycles. The highest BCUT2D eigenvalue weighted by Crippen LogP contribution is 2.17. The lowest BCUT2D eigenvalue weighted by atomic mass is 10.3. The second-order valence-electron chi connectivity index (χ2n) is 6.10. The largest absolute Gasteiger partial charge is 0.497 e. The molecule has 150 valence electrons. The van der Waals surface area contributed by atoms with E-state index in [4.69, 9.17) is 9.47 Å². The molecule has 1 amide bonds. The van der Waals surface area contributed by atoms with Gasteiger partial charge < -0.3 is 20.1 Å². The fourth-order valence-corrected chi connectivity index (χ4v) is 2.53. The quantitative estimate of drug-likeness (QED) is 0.567. The molecule has 1 aromatic heterocycles. The van der Waals surface area contributed by atoms with Gasteiger partial charge in [-0.3, -0.25) is 4.79 Å². The van der Waals surface area contributed by atoms with Crippen molar-refractivity contribution < 1.29 is 18.7 Å². The first kappa shape index (κ1) is 20.1. The first-order valence-corrected chi connectivity index (χ1v) is 8.97. The van der Waals surface area contributed by atoms with Crippen molar-refractivity contribution >= 4 is 17.4 Å². The van der Waals surface area contributed by atoms with Crippen molar-refractivity contribution in [3.05, 3.63) is 71.9 Å². The highest BCUT2D eigenvalue weighted by Gasteiger charge is 2.10. The zero-order chi connectivity index (χ0) is 20.6. The van der Waals surface area contributed by atoms with E-state index in [1.807, 2.05) is 0 Å². The van der Waals surface area contributed by atoms with Gasteiger partial charge in [-0.05, 0) is 55.5 Å². The molecule has 0 spiro atoms. The molecule has 0 radical (unpaired) electrons. The molecular formula is C21H21FN4O3. The number of methoxy groups -OCH3 is 1. The van der Waals surface area contributed by atoms with Gasteiger partial charge in [0.2, 0.25) is 0 Å². The predicted octanol–water partition coefficient (Wildman–Crippen LogP) is 3.49. The normalized spacial score (nSPS) is 10.3. The first-order valence-electron chi connectivity index (χ1n) is 8.97. The number of amides is 1. The van der Waals surface area contributed by atoms with Crippen LogP contribution in [0.15, 0.2) is 54.6 Å². The molecule has 7 nitrogen and oxygen atoms in total. The summed E-state index contributed by atoms with van der Waals surface area (Å²) in [7, 11) is 1.60. The lowest BCUT2D eigenvalue weighted by molar-refractivity contribution is 0.0941. The summed E-state index contributed by atoms with van der Waals surface area (Å²) in [6, 6.07) is 14.6. The summed E-state index contributed by atoms with van der Waals surface area (Å²) in [4.78, 5) is 20.8. The van der Waals surface area contributed by atoms with Gasteiger partial charge in [0, 0.05) is 11.8 Å². The molecule has 0 bridgehead atoms. The van der Waals surface area contributed by atoms with Crippen LogP contribution in [-0.4, -0.2) is 36.1 Å². The Morgan fingerprint density at radius 1 is 1.03 bits per heavy atom. The van der Waals surface area contributed by atoms with Crippen molar-refractivity contribution in [3.63, 3.8) is 0 Å². The van der Waals surface area contributed by atoms with Crippen molar-refractivity contribution in [2.75, 3.05) is 25.6 Å². The number of halogens is 1. The maximum atomic E-state index is 13.0. The van der Waals surface area contributed by atoms with Crippen LogP contribution >= 0.6 is 0 Å². The van der Waals surface area contributed by atoms with Gasteiger partial charge in [-0.2, -0.15) is 0 Å². The van der Waals surface area contributed by atoms with Crippen molar-refractivity contribution in [2.24, 2.45) is 0 Å². The molecule has 29 heavy (non-hydrogen) atoms. The Balaban J connectivity index is 1.54. The average molecular weight is 396 g/mol. The SMILES string of the molecule is COc1ccc(OCCNC(=O)c2cc(Nc3ccc(F)cc3)nc(C)n2)cc1. The summed E-state index contributed by atoms with van der Waals surface area (Å²) in [5.74, 6) is 1.65. The first-order chi connectivity index (χ1) is 14.0. The van der Waals surface area contributed by atoms with Gasteiger partial charge in [-0.25, -0.2) is 14.4 Å². The van der Waals surface area contributed by atoms with E-state index in [0.717, 1.165) is 5.75 Å². The summed E-state index contributed by atoms with van der Waals surface area (Å²) in [5.41, 5.74) is 0.885. The van der Waals surface area contributed by atoms with Crippen molar-refractivity contribution in [3.8, 4) is 11.5 Å². The molecule has 0 aliphatic rings. The van der Waals surface area contributed by atoms with Gasteiger partial charge in [-0.15, -0.1) is 0 Å². The third-order valence-electron chi connectivity index (χ3n) is 3.90. The highest BCUT2D eigenvalue weighted by molar-refractivity contribution is 5.93. The van der Waals surface area contributed by atoms with Gasteiger partial charge in [0.05, 0.1) is 13.7 Å². The van der Waals surface area contributed by atoms with Crippen LogP contribution in [0.5, 0.6) is 11.5 Å². The number of carbonyl (C=O) groups is 1. The van der Waals surface area contributed by atoms with Crippen molar-refractivity contribution in [1.82, 2.24) is 15.3 Å². The summed E-state index contributed by atoms with van der Waals surface area (Å²) < 4.78 is 23.7. The van der Waals surface area contributed by atoms with Crippen LogP contribution in [0.25, 0.3) is 0 Å². The van der Waals surface area contributed by atoms with E-state index in [-0.39, 0.29) is 17.4 Å². The van der Waals surface area contributed by atoms with Crippen molar-refractivity contribution in [1.29, 1.82) is 0 Å². The molecule has 2 aromatic carbocycles. The monoisotopic (exact) mass is 396 g/mol. The molecule has 0 saturated carbocycles. The van der Waals surface area contributed by atoms with Gasteiger partial charge >= 0.3 is 0 Å². The minimum Gasteiger partial charge on any atom is -0.497 e. The number of nitrogens with zero attached hydrogens (tertiary/aromatic N) is 2. The predicted molar refractivity (Wildman–Crippen MR) is 107 cm³/mol. The smallest absolute Gasteiger partial charge is 0.270 e. The number of hydrogen-bond donors (Lipinski definition) is 2. The van der Waals surface area contributed by atoms with E-state index in [9.17, 15) is 9.18 Å². The number of anilines is 2. The lowest BCUT2D eigenvalue weighted by Crippen LogP contribution is -2.29. The van der Waals surface area contributed by atoms with Crippen LogP contribution in [0.2, 0.25) is 0 Å². The number of rotatable bonds is 8. The second kappa shape index (κ2) is 9.50. The molecule has 3 aromatic rings. The molecule has 0 fully saturated rings. The van der Waals surface area contributed by atoms with E-state index in [2.05, 4.69) is 20.6 Å². The summed E-state index contributed by atoms with van der Waals surface area (Å²) in [6.45, 7) is 2.32. The molecule has 0 aliphatic heterocycles. The third-order valence-corrected chi connectivity index (χ3v) is 3.90. The minimum absolute atomic E-state index is 0.228. The van der Waals surface area contributed by atoms with Gasteiger partial charge in [0.25, 0.3) is 5.91 Å². The third kappa shape index (κ3) is 5.90. The number of ether oxygens (including phenoxy) is 2. The fraction of sp³-hybridized carbons (Fsp3) is 0.190.